The van der Waals surface area contributed by atoms with Gasteiger partial charge in [0.2, 0.25) is 5.91 Å². The normalized spacial score (nSPS) is 16.5. The first-order valence-electron chi connectivity index (χ1n) is 13.1. The molecular formula is C31H28ClN3O3S. The summed E-state index contributed by atoms with van der Waals surface area (Å²) < 4.78 is 6.14. The van der Waals surface area contributed by atoms with Crippen molar-refractivity contribution in [2.75, 3.05) is 11.9 Å². The second-order valence-electron chi connectivity index (χ2n) is 10.1. The van der Waals surface area contributed by atoms with Crippen LogP contribution in [-0.4, -0.2) is 28.2 Å². The molecule has 2 heterocycles. The molecule has 1 N–H and O–H groups in total. The van der Waals surface area contributed by atoms with Gasteiger partial charge in [-0.2, -0.15) is 0 Å². The highest BCUT2D eigenvalue weighted by molar-refractivity contribution is 7.09. The summed E-state index contributed by atoms with van der Waals surface area (Å²) in [6.07, 6.45) is 2.80. The first-order chi connectivity index (χ1) is 18.9. The van der Waals surface area contributed by atoms with E-state index >= 15 is 0 Å². The number of anilines is 1. The van der Waals surface area contributed by atoms with Crippen molar-refractivity contribution >= 4 is 40.4 Å². The average Bonchev–Trinajstić information content (AvgIpc) is 3.67. The van der Waals surface area contributed by atoms with E-state index in [-0.39, 0.29) is 30.4 Å². The molecule has 1 aliphatic carbocycles. The number of hydrogen-bond donors (Lipinski definition) is 1. The lowest BCUT2D eigenvalue weighted by atomic mass is 9.87. The van der Waals surface area contributed by atoms with Crippen LogP contribution in [0.15, 0.2) is 72.1 Å². The predicted octanol–water partition coefficient (Wildman–Crippen LogP) is 6.82. The number of fused-ring (bicyclic) bond motifs is 1. The van der Waals surface area contributed by atoms with Crippen LogP contribution in [-0.2, 0) is 17.8 Å². The van der Waals surface area contributed by atoms with Crippen LogP contribution in [0.2, 0.25) is 5.02 Å². The molecule has 0 saturated heterocycles. The molecule has 39 heavy (non-hydrogen) atoms. The second kappa shape index (κ2) is 10.8. The van der Waals surface area contributed by atoms with E-state index in [0.717, 1.165) is 36.9 Å². The first kappa shape index (κ1) is 25.6. The van der Waals surface area contributed by atoms with E-state index in [2.05, 4.69) is 58.5 Å². The largest absolute Gasteiger partial charge is 0.486 e. The Morgan fingerprint density at radius 1 is 1.10 bits per heavy atom. The number of rotatable bonds is 7. The van der Waals surface area contributed by atoms with Gasteiger partial charge in [0.25, 0.3) is 5.91 Å². The number of carbonyl (C=O) groups excluding carboxylic acids is 2. The van der Waals surface area contributed by atoms with E-state index in [1.54, 1.807) is 29.6 Å². The van der Waals surface area contributed by atoms with Gasteiger partial charge in [-0.15, -0.1) is 11.3 Å². The summed E-state index contributed by atoms with van der Waals surface area (Å²) in [5.41, 5.74) is 5.59. The second-order valence-corrected chi connectivity index (χ2v) is 11.5. The highest BCUT2D eigenvalue weighted by Crippen LogP contribution is 2.41. The molecule has 1 fully saturated rings. The van der Waals surface area contributed by atoms with Gasteiger partial charge < -0.3 is 15.0 Å². The predicted molar refractivity (Wildman–Crippen MR) is 153 cm³/mol. The summed E-state index contributed by atoms with van der Waals surface area (Å²) in [6.45, 7) is 3.05. The van der Waals surface area contributed by atoms with Crippen molar-refractivity contribution in [3.63, 3.8) is 0 Å². The maximum Gasteiger partial charge on any atom is 0.275 e. The molecule has 0 radical (unpaired) electrons. The molecule has 8 heteroatoms. The fraction of sp³-hybridized carbons (Fsp3) is 0.258. The summed E-state index contributed by atoms with van der Waals surface area (Å²) in [6, 6.07) is 21.4. The highest BCUT2D eigenvalue weighted by atomic mass is 35.5. The van der Waals surface area contributed by atoms with Gasteiger partial charge in [0.05, 0.1) is 6.04 Å². The number of thiazole rings is 1. The molecule has 6 rings (SSSR count). The zero-order chi connectivity index (χ0) is 26.9. The fourth-order valence-corrected chi connectivity index (χ4v) is 5.95. The van der Waals surface area contributed by atoms with E-state index in [1.165, 1.54) is 22.5 Å². The Labute approximate surface area is 236 Å². The average molecular weight is 558 g/mol. The molecule has 6 nitrogen and oxygen atoms in total. The number of amides is 2. The zero-order valence-corrected chi connectivity index (χ0v) is 23.1. The van der Waals surface area contributed by atoms with Crippen molar-refractivity contribution in [2.24, 2.45) is 5.92 Å². The third kappa shape index (κ3) is 5.70. The summed E-state index contributed by atoms with van der Waals surface area (Å²) in [4.78, 5) is 32.4. The van der Waals surface area contributed by atoms with Crippen LogP contribution >= 0.6 is 22.9 Å². The smallest absolute Gasteiger partial charge is 0.275 e. The molecule has 1 unspecified atom stereocenters. The van der Waals surface area contributed by atoms with Crippen LogP contribution < -0.4 is 10.1 Å². The molecule has 198 valence electrons. The van der Waals surface area contributed by atoms with Crippen molar-refractivity contribution in [3.8, 4) is 5.75 Å². The van der Waals surface area contributed by atoms with Gasteiger partial charge in [0, 0.05) is 28.6 Å². The number of halogens is 1. The van der Waals surface area contributed by atoms with Crippen LogP contribution in [0.4, 0.5) is 5.69 Å². The van der Waals surface area contributed by atoms with E-state index < -0.39 is 0 Å². The number of hydrogen-bond acceptors (Lipinski definition) is 5. The number of benzene rings is 3. The molecule has 1 aliphatic heterocycles. The molecule has 0 spiro atoms. The number of ether oxygens (including phenoxy) is 1. The molecule has 2 aliphatic rings. The third-order valence-corrected chi connectivity index (χ3v) is 8.20. The number of carbonyl (C=O) groups is 2. The molecule has 0 bridgehead atoms. The molecule has 3 aromatic carbocycles. The van der Waals surface area contributed by atoms with Gasteiger partial charge in [-0.25, -0.2) is 4.98 Å². The van der Waals surface area contributed by atoms with Crippen molar-refractivity contribution in [3.05, 3.63) is 110 Å². The molecule has 1 atom stereocenters. The summed E-state index contributed by atoms with van der Waals surface area (Å²) in [5.74, 6) is 0.834. The van der Waals surface area contributed by atoms with Gasteiger partial charge in [-0.1, -0.05) is 53.6 Å². The van der Waals surface area contributed by atoms with Crippen molar-refractivity contribution in [1.29, 1.82) is 0 Å². The van der Waals surface area contributed by atoms with Gasteiger partial charge >= 0.3 is 0 Å². The van der Waals surface area contributed by atoms with E-state index in [4.69, 9.17) is 16.3 Å². The van der Waals surface area contributed by atoms with Crippen molar-refractivity contribution < 1.29 is 14.3 Å². The van der Waals surface area contributed by atoms with Gasteiger partial charge in [0.15, 0.2) is 0 Å². The van der Waals surface area contributed by atoms with Crippen LogP contribution in [0, 0.1) is 12.8 Å². The fourth-order valence-electron chi connectivity index (χ4n) is 5.07. The van der Waals surface area contributed by atoms with Crippen LogP contribution in [0.5, 0.6) is 5.75 Å². The van der Waals surface area contributed by atoms with E-state index in [9.17, 15) is 9.59 Å². The van der Waals surface area contributed by atoms with Crippen LogP contribution in [0.1, 0.15) is 56.6 Å². The van der Waals surface area contributed by atoms with Crippen molar-refractivity contribution in [2.45, 2.75) is 38.8 Å². The Balaban J connectivity index is 1.20. The lowest BCUT2D eigenvalue weighted by molar-refractivity contribution is -0.134. The SMILES string of the molecule is Cc1cccc(C2c3cc(OCc4nc(C(=O)Nc5cccc(Cl)c5)cs4)ccc3CCN2C(=O)C2CC2)c1. The topological polar surface area (TPSA) is 71.5 Å². The van der Waals surface area contributed by atoms with Crippen molar-refractivity contribution in [1.82, 2.24) is 9.88 Å². The highest BCUT2D eigenvalue weighted by Gasteiger charge is 2.39. The Morgan fingerprint density at radius 3 is 2.74 bits per heavy atom. The summed E-state index contributed by atoms with van der Waals surface area (Å²) in [5, 5.41) is 5.79. The molecule has 4 aromatic rings. The first-order valence-corrected chi connectivity index (χ1v) is 14.3. The van der Waals surface area contributed by atoms with Gasteiger partial charge in [0.1, 0.15) is 23.1 Å². The lowest BCUT2D eigenvalue weighted by Gasteiger charge is -2.38. The van der Waals surface area contributed by atoms with Gasteiger partial charge in [-0.3, -0.25) is 9.59 Å². The Kier molecular flexibility index (Phi) is 7.11. The molecule has 1 aromatic heterocycles. The Bertz CT molecular complexity index is 1550. The quantitative estimate of drug-likeness (QED) is 0.271. The Morgan fingerprint density at radius 2 is 1.95 bits per heavy atom. The number of nitrogens with zero attached hydrogens (tertiary/aromatic N) is 2. The summed E-state index contributed by atoms with van der Waals surface area (Å²) >= 11 is 7.39. The lowest BCUT2D eigenvalue weighted by Crippen LogP contribution is -2.41. The van der Waals surface area contributed by atoms with Crippen LogP contribution in [0.25, 0.3) is 0 Å². The van der Waals surface area contributed by atoms with Crippen LogP contribution in [0.3, 0.4) is 0 Å². The zero-order valence-electron chi connectivity index (χ0n) is 21.5. The number of nitrogens with one attached hydrogen (secondary N) is 1. The number of aryl methyl sites for hydroxylation is 1. The van der Waals surface area contributed by atoms with Gasteiger partial charge in [-0.05, 0) is 73.2 Å². The molecule has 1 saturated carbocycles. The minimum Gasteiger partial charge on any atom is -0.486 e. The monoisotopic (exact) mass is 557 g/mol. The third-order valence-electron chi connectivity index (χ3n) is 7.14. The minimum absolute atomic E-state index is 0.132. The Hall–Kier alpha value is -3.68. The molecular weight excluding hydrogens is 530 g/mol. The number of aromatic nitrogens is 1. The maximum atomic E-state index is 13.3. The van der Waals surface area contributed by atoms with E-state index in [0.29, 0.717) is 27.2 Å². The summed E-state index contributed by atoms with van der Waals surface area (Å²) in [7, 11) is 0. The maximum absolute atomic E-state index is 13.3. The standard InChI is InChI=1S/C31H28ClN3O3S/c1-19-4-2-5-22(14-19)29-26-16-25(11-10-20(26)12-13-35(29)31(37)21-8-9-21)38-17-28-34-27(18-39-28)30(36)33-24-7-3-6-23(32)15-24/h2-7,10-11,14-16,18,21,29H,8-9,12-13,17H2,1H3,(H,33,36). The molecule has 2 amide bonds. The van der Waals surface area contributed by atoms with E-state index in [1.807, 2.05) is 6.07 Å². The minimum atomic E-state index is -0.296.